The molecule has 3 heterocycles. The molecule has 1 saturated carbocycles. The van der Waals surface area contributed by atoms with Crippen LogP contribution in [0.1, 0.15) is 41.9 Å². The van der Waals surface area contributed by atoms with E-state index in [9.17, 15) is 15.1 Å². The topological polar surface area (TPSA) is 126 Å². The van der Waals surface area contributed by atoms with Crippen LogP contribution in [-0.2, 0) is 0 Å². The molecule has 1 N–H and O–H groups in total. The van der Waals surface area contributed by atoms with Crippen LogP contribution in [0.2, 0.25) is 5.02 Å². The smallest absolute Gasteiger partial charge is 0.335 e. The number of benzene rings is 2. The number of carboxylic acid groups (broad SMARTS) is 1. The van der Waals surface area contributed by atoms with E-state index in [0.717, 1.165) is 22.3 Å². The first-order valence-electron chi connectivity index (χ1n) is 12.6. The molecular formula is C28H23ClFN7O3. The van der Waals surface area contributed by atoms with Crippen LogP contribution in [0, 0.1) is 22.9 Å². The molecule has 5 aromatic rings. The molecule has 3 atom stereocenters. The first-order valence-corrected chi connectivity index (χ1v) is 13.0. The fourth-order valence-electron chi connectivity index (χ4n) is 5.02. The van der Waals surface area contributed by atoms with Gasteiger partial charge in [0.1, 0.15) is 12.4 Å². The van der Waals surface area contributed by atoms with Crippen molar-refractivity contribution in [2.45, 2.75) is 25.8 Å². The van der Waals surface area contributed by atoms with Gasteiger partial charge in [-0.25, -0.2) is 9.18 Å². The number of nitrogens with zero attached hydrogens (tertiary/aromatic N) is 7. The van der Waals surface area contributed by atoms with E-state index in [2.05, 4.69) is 27.5 Å². The van der Waals surface area contributed by atoms with Gasteiger partial charge in [-0.3, -0.25) is 4.68 Å². The van der Waals surface area contributed by atoms with E-state index in [0.29, 0.717) is 35.2 Å². The van der Waals surface area contributed by atoms with E-state index in [4.69, 9.17) is 11.6 Å². The molecule has 12 heteroatoms. The van der Waals surface area contributed by atoms with Crippen molar-refractivity contribution in [3.63, 3.8) is 0 Å². The minimum Gasteiger partial charge on any atom is -0.618 e. The molecular weight excluding hydrogens is 537 g/mol. The summed E-state index contributed by atoms with van der Waals surface area (Å²) in [6.45, 7) is 2.18. The van der Waals surface area contributed by atoms with E-state index >= 15 is 4.39 Å². The van der Waals surface area contributed by atoms with Crippen LogP contribution in [0.15, 0.2) is 73.4 Å². The van der Waals surface area contributed by atoms with E-state index in [1.165, 1.54) is 23.3 Å². The second-order valence-electron chi connectivity index (χ2n) is 9.99. The summed E-state index contributed by atoms with van der Waals surface area (Å²) in [5.74, 6) is -0.674. The van der Waals surface area contributed by atoms with Crippen LogP contribution in [-0.4, -0.2) is 41.1 Å². The molecule has 0 bridgehead atoms. The number of carboxylic acids is 1. The summed E-state index contributed by atoms with van der Waals surface area (Å²) >= 11 is 6.09. The highest BCUT2D eigenvalue weighted by Crippen LogP contribution is 2.45. The number of tetrazole rings is 1. The molecule has 2 aromatic carbocycles. The highest BCUT2D eigenvalue weighted by molar-refractivity contribution is 6.31. The van der Waals surface area contributed by atoms with Gasteiger partial charge in [0, 0.05) is 17.8 Å². The Morgan fingerprint density at radius 3 is 2.58 bits per heavy atom. The van der Waals surface area contributed by atoms with Gasteiger partial charge in [-0.1, -0.05) is 30.7 Å². The quantitative estimate of drug-likeness (QED) is 0.210. The maximum absolute atomic E-state index is 15.3. The summed E-state index contributed by atoms with van der Waals surface area (Å²) in [5, 5.41) is 38.3. The lowest BCUT2D eigenvalue weighted by Gasteiger charge is -2.18. The fraction of sp³-hybridized carbons (Fsp3) is 0.214. The number of hydrogen-bond acceptors (Lipinski definition) is 6. The van der Waals surface area contributed by atoms with Gasteiger partial charge in [0.05, 0.1) is 33.6 Å². The number of halogens is 2. The van der Waals surface area contributed by atoms with E-state index in [1.807, 2.05) is 6.20 Å². The largest absolute Gasteiger partial charge is 0.618 e. The van der Waals surface area contributed by atoms with Crippen molar-refractivity contribution in [3.05, 3.63) is 101 Å². The molecule has 3 unspecified atom stereocenters. The van der Waals surface area contributed by atoms with Crippen molar-refractivity contribution < 1.29 is 19.0 Å². The molecule has 1 aliphatic rings. The number of aromatic nitrogens is 7. The first-order chi connectivity index (χ1) is 19.3. The van der Waals surface area contributed by atoms with E-state index < -0.39 is 11.8 Å². The van der Waals surface area contributed by atoms with Crippen LogP contribution in [0.3, 0.4) is 0 Å². The Morgan fingerprint density at radius 1 is 1.18 bits per heavy atom. The van der Waals surface area contributed by atoms with Gasteiger partial charge < -0.3 is 10.3 Å². The SMILES string of the molecule is CC1CC1CC(c1ccc(-c2c(-n3cnnn3)ccc(Cl)c2F)c[n+]1[O-])n1cc(-c2ccc(C(=O)O)cc2)cn1. The third-order valence-electron chi connectivity index (χ3n) is 7.43. The predicted octanol–water partition coefficient (Wildman–Crippen LogP) is 4.95. The average molecular weight is 560 g/mol. The lowest BCUT2D eigenvalue weighted by atomic mass is 10.0. The van der Waals surface area contributed by atoms with Crippen molar-refractivity contribution in [1.82, 2.24) is 30.0 Å². The zero-order valence-corrected chi connectivity index (χ0v) is 22.0. The van der Waals surface area contributed by atoms with Crippen molar-refractivity contribution >= 4 is 17.6 Å². The predicted molar refractivity (Wildman–Crippen MR) is 143 cm³/mol. The summed E-state index contributed by atoms with van der Waals surface area (Å²) < 4.78 is 19.1. The van der Waals surface area contributed by atoms with Crippen molar-refractivity contribution in [2.24, 2.45) is 11.8 Å². The van der Waals surface area contributed by atoms with Crippen molar-refractivity contribution in [3.8, 4) is 27.9 Å². The van der Waals surface area contributed by atoms with Gasteiger partial charge in [-0.15, -0.1) is 5.10 Å². The van der Waals surface area contributed by atoms with Crippen LogP contribution < -0.4 is 4.73 Å². The normalized spacial score (nSPS) is 17.1. The highest BCUT2D eigenvalue weighted by atomic mass is 35.5. The Labute approximate surface area is 232 Å². The molecule has 40 heavy (non-hydrogen) atoms. The third-order valence-corrected chi connectivity index (χ3v) is 7.72. The second kappa shape index (κ2) is 10.2. The average Bonchev–Trinajstić information content (AvgIpc) is 3.34. The highest BCUT2D eigenvalue weighted by Gasteiger charge is 2.38. The van der Waals surface area contributed by atoms with Gasteiger partial charge in [0.2, 0.25) is 5.69 Å². The Hall–Kier alpha value is -4.64. The van der Waals surface area contributed by atoms with Gasteiger partial charge in [-0.05, 0) is 71.0 Å². The minimum atomic E-state index is -0.993. The first kappa shape index (κ1) is 25.6. The Morgan fingerprint density at radius 2 is 1.93 bits per heavy atom. The summed E-state index contributed by atoms with van der Waals surface area (Å²) in [6.07, 6.45) is 8.00. The number of pyridine rings is 1. The molecule has 1 aliphatic carbocycles. The number of aromatic carboxylic acids is 1. The summed E-state index contributed by atoms with van der Waals surface area (Å²) in [5.41, 5.74) is 3.04. The van der Waals surface area contributed by atoms with Crippen LogP contribution in [0.4, 0.5) is 4.39 Å². The Kier molecular flexibility index (Phi) is 6.51. The number of rotatable bonds is 8. The van der Waals surface area contributed by atoms with Crippen LogP contribution >= 0.6 is 11.6 Å². The second-order valence-corrected chi connectivity index (χ2v) is 10.4. The molecule has 0 aliphatic heterocycles. The van der Waals surface area contributed by atoms with E-state index in [-0.39, 0.29) is 22.2 Å². The molecule has 6 rings (SSSR count). The van der Waals surface area contributed by atoms with Gasteiger partial charge in [0.25, 0.3) is 0 Å². The molecule has 0 amide bonds. The minimum absolute atomic E-state index is 0.0885. The van der Waals surface area contributed by atoms with Crippen LogP contribution in [0.25, 0.3) is 27.9 Å². The molecule has 0 radical (unpaired) electrons. The maximum atomic E-state index is 15.3. The lowest BCUT2D eigenvalue weighted by Crippen LogP contribution is -2.35. The zero-order valence-electron chi connectivity index (χ0n) is 21.2. The molecule has 10 nitrogen and oxygen atoms in total. The van der Waals surface area contributed by atoms with E-state index in [1.54, 1.807) is 53.3 Å². The molecule has 1 fully saturated rings. The molecule has 0 saturated heterocycles. The summed E-state index contributed by atoms with van der Waals surface area (Å²) in [6, 6.07) is 12.6. The monoisotopic (exact) mass is 559 g/mol. The van der Waals surface area contributed by atoms with Gasteiger partial charge >= 0.3 is 5.97 Å². The van der Waals surface area contributed by atoms with Crippen LogP contribution in [0.5, 0.6) is 0 Å². The summed E-state index contributed by atoms with van der Waals surface area (Å²) in [4.78, 5) is 11.2. The van der Waals surface area contributed by atoms with Gasteiger partial charge in [0.15, 0.2) is 12.0 Å². The number of hydrogen-bond donors (Lipinski definition) is 1. The maximum Gasteiger partial charge on any atom is 0.335 e. The third kappa shape index (κ3) is 4.79. The van der Waals surface area contributed by atoms with Crippen molar-refractivity contribution in [2.75, 3.05) is 0 Å². The molecule has 0 spiro atoms. The Bertz CT molecular complexity index is 1710. The number of carbonyl (C=O) groups is 1. The van der Waals surface area contributed by atoms with Gasteiger partial charge in [-0.2, -0.15) is 14.5 Å². The Balaban J connectivity index is 1.38. The fourth-order valence-corrected chi connectivity index (χ4v) is 5.17. The lowest BCUT2D eigenvalue weighted by molar-refractivity contribution is -0.615. The molecule has 3 aromatic heterocycles. The van der Waals surface area contributed by atoms with Crippen molar-refractivity contribution in [1.29, 1.82) is 0 Å². The summed E-state index contributed by atoms with van der Waals surface area (Å²) in [7, 11) is 0. The standard InChI is InChI=1S/C28H23ClFN7O3/c1-16-10-20(16)11-25(35-13-21(12-32-35)17-2-4-18(5-3-17)28(38)39)23-8-6-19(14-37(23)40)26-24(36-15-31-33-34-36)9-7-22(29)27(26)30/h2-9,12-16,20,25H,10-11H2,1H3,(H,38,39). The zero-order chi connectivity index (χ0) is 28.0. The molecule has 202 valence electrons.